The maximum absolute atomic E-state index is 14.4. The molecule has 2 aromatic carbocycles. The van der Waals surface area contributed by atoms with Gasteiger partial charge in [0.25, 0.3) is 5.91 Å². The van der Waals surface area contributed by atoms with E-state index in [0.717, 1.165) is 16.7 Å². The molecule has 0 saturated heterocycles. The zero-order chi connectivity index (χ0) is 17.2. The van der Waals surface area contributed by atoms with Gasteiger partial charge >= 0.3 is 0 Å². The summed E-state index contributed by atoms with van der Waals surface area (Å²) in [6, 6.07) is 10.6. The number of aryl methyl sites for hydroxylation is 2. The van der Waals surface area contributed by atoms with Crippen molar-refractivity contribution >= 4 is 18.3 Å². The van der Waals surface area contributed by atoms with E-state index in [9.17, 15) is 9.18 Å². The van der Waals surface area contributed by atoms with Crippen molar-refractivity contribution in [3.63, 3.8) is 0 Å². The maximum atomic E-state index is 14.4. The van der Waals surface area contributed by atoms with Gasteiger partial charge in [0.2, 0.25) is 0 Å². The van der Waals surface area contributed by atoms with Gasteiger partial charge in [-0.25, -0.2) is 4.39 Å². The molecule has 3 nitrogen and oxygen atoms in total. The van der Waals surface area contributed by atoms with E-state index in [1.165, 1.54) is 17.7 Å². The normalized spacial score (nSPS) is 10.9. The molecule has 2 aromatic rings. The quantitative estimate of drug-likeness (QED) is 0.875. The zero-order valence-corrected chi connectivity index (χ0v) is 15.3. The van der Waals surface area contributed by atoms with Crippen molar-refractivity contribution in [3.8, 4) is 11.1 Å². The van der Waals surface area contributed by atoms with Gasteiger partial charge in [-0.3, -0.25) is 4.79 Å². The fourth-order valence-electron chi connectivity index (χ4n) is 2.23. The Labute approximate surface area is 148 Å². The number of carbonyl (C=O) groups is 1. The number of rotatable bonds is 4. The molecule has 0 aliphatic carbocycles. The molecule has 0 aliphatic rings. The molecule has 130 valence electrons. The summed E-state index contributed by atoms with van der Waals surface area (Å²) < 4.78 is 14.4. The first-order valence-corrected chi connectivity index (χ1v) is 7.63. The second kappa shape index (κ2) is 7.77. The lowest BCUT2D eigenvalue weighted by molar-refractivity contribution is 0.0911. The number of amides is 1. The van der Waals surface area contributed by atoms with Gasteiger partial charge in [-0.2, -0.15) is 0 Å². The summed E-state index contributed by atoms with van der Waals surface area (Å²) in [5.74, 6) is -0.990. The Kier molecular flexibility index (Phi) is 6.52. The number of nitrogens with two attached hydrogens (primary N) is 1. The fourth-order valence-corrected chi connectivity index (χ4v) is 2.23. The first kappa shape index (κ1) is 20.1. The molecule has 3 N–H and O–H groups in total. The molecule has 0 unspecified atom stereocenters. The minimum Gasteiger partial charge on any atom is -0.346 e. The lowest BCUT2D eigenvalue weighted by atomic mass is 9.98. The molecule has 1 amide bonds. The Morgan fingerprint density at radius 1 is 1.08 bits per heavy atom. The molecule has 24 heavy (non-hydrogen) atoms. The van der Waals surface area contributed by atoms with Gasteiger partial charge in [-0.1, -0.05) is 24.3 Å². The summed E-state index contributed by atoms with van der Waals surface area (Å²) in [5.41, 5.74) is 9.06. The van der Waals surface area contributed by atoms with Gasteiger partial charge in [0, 0.05) is 12.1 Å². The standard InChI is InChI=1S/C19H23FN2O.ClH/c1-12-5-6-14(9-13(12)2)15-7-8-16(17(20)10-15)18(23)22-19(3,4)11-21;/h5-10H,11,21H2,1-4H3,(H,22,23);1H. The Morgan fingerprint density at radius 3 is 2.21 bits per heavy atom. The maximum Gasteiger partial charge on any atom is 0.254 e. The molecular formula is C19H24ClFN2O. The van der Waals surface area contributed by atoms with Crippen LogP contribution in [0.2, 0.25) is 0 Å². The third-order valence-electron chi connectivity index (χ3n) is 4.02. The van der Waals surface area contributed by atoms with E-state index in [0.29, 0.717) is 0 Å². The molecule has 0 atom stereocenters. The minimum atomic E-state index is -0.573. The summed E-state index contributed by atoms with van der Waals surface area (Å²) in [7, 11) is 0. The van der Waals surface area contributed by atoms with E-state index in [-0.39, 0.29) is 24.5 Å². The van der Waals surface area contributed by atoms with Gasteiger partial charge in [0.15, 0.2) is 0 Å². The first-order chi connectivity index (χ1) is 10.7. The zero-order valence-electron chi connectivity index (χ0n) is 14.4. The summed E-state index contributed by atoms with van der Waals surface area (Å²) in [6.45, 7) is 7.93. The highest BCUT2D eigenvalue weighted by Gasteiger charge is 2.21. The molecular weight excluding hydrogens is 327 g/mol. The largest absolute Gasteiger partial charge is 0.346 e. The third-order valence-corrected chi connectivity index (χ3v) is 4.02. The molecule has 0 fully saturated rings. The Morgan fingerprint density at radius 2 is 1.67 bits per heavy atom. The highest BCUT2D eigenvalue weighted by Crippen LogP contribution is 2.24. The molecule has 5 heteroatoms. The van der Waals surface area contributed by atoms with Gasteiger partial charge < -0.3 is 11.1 Å². The predicted molar refractivity (Wildman–Crippen MR) is 99.2 cm³/mol. The molecule has 0 aromatic heterocycles. The van der Waals surface area contributed by atoms with Crippen LogP contribution in [0.25, 0.3) is 11.1 Å². The monoisotopic (exact) mass is 350 g/mol. The molecule has 0 bridgehead atoms. The van der Waals surface area contributed by atoms with E-state index in [1.807, 2.05) is 32.0 Å². The summed E-state index contributed by atoms with van der Waals surface area (Å²) in [5, 5.41) is 2.73. The average Bonchev–Trinajstić information content (AvgIpc) is 2.49. The van der Waals surface area contributed by atoms with Crippen LogP contribution < -0.4 is 11.1 Å². The lowest BCUT2D eigenvalue weighted by Crippen LogP contribution is -2.49. The first-order valence-electron chi connectivity index (χ1n) is 7.63. The second-order valence-corrected chi connectivity index (χ2v) is 6.54. The van der Waals surface area contributed by atoms with Crippen molar-refractivity contribution in [2.75, 3.05) is 6.54 Å². The number of hydrogen-bond donors (Lipinski definition) is 2. The lowest BCUT2D eigenvalue weighted by Gasteiger charge is -2.24. The SMILES string of the molecule is Cc1ccc(-c2ccc(C(=O)NC(C)(C)CN)c(F)c2)cc1C.Cl. The molecule has 0 spiro atoms. The Bertz CT molecular complexity index is 744. The van der Waals surface area contributed by atoms with E-state index in [4.69, 9.17) is 5.73 Å². The van der Waals surface area contributed by atoms with Gasteiger partial charge in [0.1, 0.15) is 5.82 Å². The topological polar surface area (TPSA) is 55.1 Å². The summed E-state index contributed by atoms with van der Waals surface area (Å²) in [4.78, 5) is 12.2. The highest BCUT2D eigenvalue weighted by molar-refractivity contribution is 5.95. The Balaban J connectivity index is 0.00000288. The molecule has 0 heterocycles. The van der Waals surface area contributed by atoms with Crippen molar-refractivity contribution in [2.24, 2.45) is 5.73 Å². The number of benzene rings is 2. The Hall–Kier alpha value is -1.91. The van der Waals surface area contributed by atoms with Crippen LogP contribution in [-0.4, -0.2) is 18.0 Å². The van der Waals surface area contributed by atoms with Crippen LogP contribution in [0.3, 0.4) is 0 Å². The number of nitrogens with one attached hydrogen (secondary N) is 1. The number of carbonyl (C=O) groups excluding carboxylic acids is 1. The van der Waals surface area contributed by atoms with Crippen LogP contribution in [0.1, 0.15) is 35.3 Å². The van der Waals surface area contributed by atoms with E-state index in [2.05, 4.69) is 5.32 Å². The van der Waals surface area contributed by atoms with Gasteiger partial charge in [0.05, 0.1) is 5.56 Å². The molecule has 0 aliphatic heterocycles. The third kappa shape index (κ3) is 4.56. The predicted octanol–water partition coefficient (Wildman–Crippen LogP) is 4.00. The molecule has 0 radical (unpaired) electrons. The average molecular weight is 351 g/mol. The van der Waals surface area contributed by atoms with E-state index < -0.39 is 17.3 Å². The molecule has 0 saturated carbocycles. The van der Waals surface area contributed by atoms with Crippen LogP contribution >= 0.6 is 12.4 Å². The van der Waals surface area contributed by atoms with E-state index >= 15 is 0 Å². The van der Waals surface area contributed by atoms with Crippen LogP contribution in [0.5, 0.6) is 0 Å². The van der Waals surface area contributed by atoms with Gasteiger partial charge in [-0.05, 0) is 62.1 Å². The van der Waals surface area contributed by atoms with Crippen LogP contribution in [0.4, 0.5) is 4.39 Å². The minimum absolute atomic E-state index is 0. The molecule has 2 rings (SSSR count). The summed E-state index contributed by atoms with van der Waals surface area (Å²) >= 11 is 0. The van der Waals surface area contributed by atoms with Crippen LogP contribution in [0.15, 0.2) is 36.4 Å². The smallest absolute Gasteiger partial charge is 0.254 e. The van der Waals surface area contributed by atoms with Crippen molar-refractivity contribution in [3.05, 3.63) is 58.9 Å². The van der Waals surface area contributed by atoms with E-state index in [1.54, 1.807) is 19.9 Å². The highest BCUT2D eigenvalue weighted by atomic mass is 35.5. The number of hydrogen-bond acceptors (Lipinski definition) is 2. The summed E-state index contributed by atoms with van der Waals surface area (Å²) in [6.07, 6.45) is 0. The number of halogens is 2. The van der Waals surface area contributed by atoms with Crippen molar-refractivity contribution in [1.82, 2.24) is 5.32 Å². The van der Waals surface area contributed by atoms with Crippen molar-refractivity contribution < 1.29 is 9.18 Å². The van der Waals surface area contributed by atoms with Gasteiger partial charge in [-0.15, -0.1) is 12.4 Å². The fraction of sp³-hybridized carbons (Fsp3) is 0.316. The van der Waals surface area contributed by atoms with Crippen LogP contribution in [0, 0.1) is 19.7 Å². The second-order valence-electron chi connectivity index (χ2n) is 6.54. The van der Waals surface area contributed by atoms with Crippen molar-refractivity contribution in [1.29, 1.82) is 0 Å². The van der Waals surface area contributed by atoms with Crippen molar-refractivity contribution in [2.45, 2.75) is 33.2 Å². The van der Waals surface area contributed by atoms with Crippen LogP contribution in [-0.2, 0) is 0 Å².